The van der Waals surface area contributed by atoms with Gasteiger partial charge in [-0.25, -0.2) is 9.59 Å². The van der Waals surface area contributed by atoms with Gasteiger partial charge in [0.25, 0.3) is 17.0 Å². The topological polar surface area (TPSA) is 225 Å². The summed E-state index contributed by atoms with van der Waals surface area (Å²) in [5.41, 5.74) is 3.53. The number of aromatic nitrogens is 3. The molecule has 0 saturated carbocycles. The second-order valence-electron chi connectivity index (χ2n) is 23.6. The Bertz CT molecular complexity index is 4030. The fourth-order valence-corrected chi connectivity index (χ4v) is 12.8. The van der Waals surface area contributed by atoms with Crippen LogP contribution in [0.2, 0.25) is 0 Å². The number of thiophene rings is 1. The summed E-state index contributed by atoms with van der Waals surface area (Å²) in [6.45, 7) is 19.9. The molecule has 3 fully saturated rings. The number of para-hydroxylation sites is 3. The smallest absolute Gasteiger partial charge is 0.357 e. The number of rotatable bonds is 14. The molecule has 496 valence electrons. The number of amides is 1. The first-order valence-corrected chi connectivity index (χ1v) is 31.2. The van der Waals surface area contributed by atoms with Crippen molar-refractivity contribution < 1.29 is 37.6 Å². The van der Waals surface area contributed by atoms with Crippen LogP contribution in [0.3, 0.4) is 0 Å². The van der Waals surface area contributed by atoms with Crippen LogP contribution >= 0.6 is 11.3 Å². The highest BCUT2D eigenvalue weighted by molar-refractivity contribution is 7.09. The quantitative estimate of drug-likeness (QED) is 0.0560. The van der Waals surface area contributed by atoms with E-state index < -0.39 is 28.1 Å². The minimum atomic E-state index is -0.604. The van der Waals surface area contributed by atoms with Crippen molar-refractivity contribution in [2.75, 3.05) is 106 Å². The summed E-state index contributed by atoms with van der Waals surface area (Å²) < 4.78 is 25.4. The number of ether oxygens (including phenoxy) is 2. The lowest BCUT2D eigenvalue weighted by Gasteiger charge is -2.37. The predicted molar refractivity (Wildman–Crippen MR) is 370 cm³/mol. The molecule has 6 aromatic heterocycles. The molecule has 0 aliphatic carbocycles. The van der Waals surface area contributed by atoms with Gasteiger partial charge >= 0.3 is 23.2 Å². The van der Waals surface area contributed by atoms with Crippen LogP contribution in [0.25, 0.3) is 32.7 Å². The molecule has 0 unspecified atom stereocenters. The zero-order valence-electron chi connectivity index (χ0n) is 51.9. The van der Waals surface area contributed by atoms with Crippen LogP contribution in [0.15, 0.2) is 151 Å². The van der Waals surface area contributed by atoms with Gasteiger partial charge in [-0.3, -0.25) is 39.1 Å². The monoisotopic (exact) mass is 1290 g/mol. The highest BCUT2D eigenvalue weighted by atomic mass is 32.1. The molecule has 0 bridgehead atoms. The van der Waals surface area contributed by atoms with Crippen molar-refractivity contribution in [3.8, 4) is 0 Å². The van der Waals surface area contributed by atoms with Crippen LogP contribution in [0.4, 0.5) is 22.7 Å². The number of benzene rings is 3. The van der Waals surface area contributed by atoms with Gasteiger partial charge in [-0.15, -0.1) is 11.3 Å². The third kappa shape index (κ3) is 15.6. The third-order valence-corrected chi connectivity index (χ3v) is 17.2. The van der Waals surface area contributed by atoms with Crippen molar-refractivity contribution >= 4 is 84.6 Å². The maximum absolute atomic E-state index is 13.3. The number of furan rings is 2. The van der Waals surface area contributed by atoms with Gasteiger partial charge in [-0.05, 0) is 67.1 Å². The molecule has 9 aromatic rings. The zero-order valence-corrected chi connectivity index (χ0v) is 52.7. The summed E-state index contributed by atoms with van der Waals surface area (Å²) in [7, 11) is 3.40. The lowest BCUT2D eigenvalue weighted by atomic mass is 9.96. The summed E-state index contributed by atoms with van der Waals surface area (Å²) in [5, 5.41) is 16.6. The number of piperazine rings is 3. The van der Waals surface area contributed by atoms with E-state index in [1.54, 1.807) is 68.8 Å². The number of anilines is 3. The first-order chi connectivity index (χ1) is 43.4. The van der Waals surface area contributed by atoms with Crippen LogP contribution < -0.4 is 31.4 Å². The Balaban J connectivity index is 0.000000195. The molecule has 3 saturated heterocycles. The number of esters is 2. The Hall–Kier alpha value is -9.32. The van der Waals surface area contributed by atoms with Crippen LogP contribution in [-0.4, -0.2) is 143 Å². The number of carbonyl (C=O) groups is 3. The maximum Gasteiger partial charge on any atom is 0.357 e. The molecule has 0 atom stereocenters. The van der Waals surface area contributed by atoms with Crippen molar-refractivity contribution in [3.05, 3.63) is 196 Å². The average Bonchev–Trinajstić information content (AvgIpc) is 0.879. The second-order valence-corrected chi connectivity index (χ2v) is 24.6. The molecule has 0 N–H and O–H groups in total. The number of aryl methyl sites for hydroxylation is 2. The first-order valence-electron chi connectivity index (χ1n) is 30.3. The SMILES string of the molecule is C.C.C.CC(C)(C)Cn1c(=O)c([N+](=O)[O-])c(N2CCN(C(=O)c3ccco3)CC2)c2ccccc21.CCOC(=O)c1c(N2CCN(Cc3cccs3)CC2)c2ccccc2n(C)c1=O.CCOC(=O)c1c(N2CCN(Cc3ccoc3)CC2)c2ccccc2n(C)c1=O. The molecule has 3 aliphatic heterocycles. The van der Waals surface area contributed by atoms with Crippen LogP contribution in [0.5, 0.6) is 0 Å². The Kier molecular flexibility index (Phi) is 24.0. The van der Waals surface area contributed by atoms with Gasteiger partial charge in [-0.1, -0.05) is 104 Å². The van der Waals surface area contributed by atoms with Gasteiger partial charge in [0.2, 0.25) is 0 Å². The minimum Gasteiger partial charge on any atom is -0.472 e. The van der Waals surface area contributed by atoms with Gasteiger partial charge in [0.15, 0.2) is 5.76 Å². The number of hydrogen-bond donors (Lipinski definition) is 0. The maximum atomic E-state index is 13.3. The molecule has 3 aliphatic rings. The molecule has 0 spiro atoms. The van der Waals surface area contributed by atoms with E-state index in [0.717, 1.165) is 92.8 Å². The highest BCUT2D eigenvalue weighted by Crippen LogP contribution is 2.37. The van der Waals surface area contributed by atoms with Gasteiger partial charge in [0.05, 0.1) is 64.9 Å². The normalized spacial score (nSPS) is 14.4. The lowest BCUT2D eigenvalue weighted by molar-refractivity contribution is -0.385. The molecule has 23 heteroatoms. The van der Waals surface area contributed by atoms with E-state index in [0.29, 0.717) is 60.7 Å². The van der Waals surface area contributed by atoms with Crippen molar-refractivity contribution in [2.24, 2.45) is 19.5 Å². The molecular formula is C70H88N10O12S. The largest absolute Gasteiger partial charge is 0.472 e. The van der Waals surface area contributed by atoms with Gasteiger partial charge in [0.1, 0.15) is 16.8 Å². The van der Waals surface area contributed by atoms with Crippen LogP contribution in [0.1, 0.15) is 98.6 Å². The van der Waals surface area contributed by atoms with Gasteiger partial charge < -0.3 is 51.6 Å². The molecular weight excluding hydrogens is 1200 g/mol. The Labute approximate surface area is 546 Å². The first kappa shape index (κ1) is 71.1. The van der Waals surface area contributed by atoms with Crippen molar-refractivity contribution in [2.45, 2.75) is 76.5 Å². The van der Waals surface area contributed by atoms with E-state index in [-0.39, 0.29) is 74.8 Å². The zero-order chi connectivity index (χ0) is 63.8. The summed E-state index contributed by atoms with van der Waals surface area (Å²) in [5.74, 6) is -1.06. The molecule has 3 aromatic carbocycles. The summed E-state index contributed by atoms with van der Waals surface area (Å²) in [6, 6.07) is 32.2. The Morgan fingerprint density at radius 1 is 0.570 bits per heavy atom. The molecule has 1 amide bonds. The predicted octanol–water partition coefficient (Wildman–Crippen LogP) is 11.1. The fourth-order valence-electron chi connectivity index (χ4n) is 12.1. The molecule has 0 radical (unpaired) electrons. The van der Waals surface area contributed by atoms with E-state index in [9.17, 15) is 38.9 Å². The van der Waals surface area contributed by atoms with E-state index >= 15 is 0 Å². The standard InChI is InChI=1S/C23H26N4O5.C22H25N3O4.C22H25N3O3S.3CH4/c1-23(2,3)15-26-17-8-5-4-7-16(17)19(20(22(26)29)27(30)31)24-10-12-25(13-11-24)21(28)18-9-6-14-32-18;1-3-29-22(27)19-20(17-6-4-5-7-18(17)23(2)21(19)26)25-11-9-24(10-12-25)14-16-8-13-28-15-16;1-3-28-22(27)19-20(17-8-4-5-9-18(17)23(2)21(19)26)25-12-10-24(11-13-25)15-16-7-6-14-29-16;;;/h4-9,14H,10-13,15H2,1-3H3;4-8,13,15H,3,9-12,14H2,1-2H3;4-9,14H,3,10-13,15H2,1-2H3;3*1H4. The fraction of sp³-hybridized carbons (Fsp3) is 0.400. The van der Waals surface area contributed by atoms with E-state index in [4.69, 9.17) is 18.3 Å². The van der Waals surface area contributed by atoms with Gasteiger partial charge in [-0.2, -0.15) is 0 Å². The molecule has 22 nitrogen and oxygen atoms in total. The molecule has 12 rings (SSSR count). The lowest BCUT2D eigenvalue weighted by Crippen LogP contribution is -2.49. The molecule has 93 heavy (non-hydrogen) atoms. The Morgan fingerprint density at radius 3 is 1.48 bits per heavy atom. The Morgan fingerprint density at radius 2 is 1.04 bits per heavy atom. The number of hydrogen-bond acceptors (Lipinski definition) is 18. The number of pyridine rings is 3. The number of carbonyl (C=O) groups excluding carboxylic acids is 3. The van der Waals surface area contributed by atoms with E-state index in [1.807, 2.05) is 105 Å². The number of nitro groups is 1. The van der Waals surface area contributed by atoms with E-state index in [2.05, 4.69) is 37.1 Å². The van der Waals surface area contributed by atoms with Crippen molar-refractivity contribution in [1.82, 2.24) is 28.4 Å². The summed E-state index contributed by atoms with van der Waals surface area (Å²) in [4.78, 5) is 103. The number of nitrogens with zero attached hydrogens (tertiary/aromatic N) is 10. The van der Waals surface area contributed by atoms with Crippen molar-refractivity contribution in [1.29, 1.82) is 0 Å². The summed E-state index contributed by atoms with van der Waals surface area (Å²) >= 11 is 1.77. The van der Waals surface area contributed by atoms with Crippen molar-refractivity contribution in [3.63, 3.8) is 0 Å². The highest BCUT2D eigenvalue weighted by Gasteiger charge is 2.35. The summed E-state index contributed by atoms with van der Waals surface area (Å²) in [6.07, 6.45) is 4.90. The van der Waals surface area contributed by atoms with E-state index in [1.165, 1.54) is 24.8 Å². The van der Waals surface area contributed by atoms with Crippen LogP contribution in [0, 0.1) is 15.5 Å². The molecule has 9 heterocycles. The average molecular weight is 1290 g/mol. The third-order valence-electron chi connectivity index (χ3n) is 16.4. The number of fused-ring (bicyclic) bond motifs is 3. The minimum absolute atomic E-state index is 0. The van der Waals surface area contributed by atoms with Gasteiger partial charge in [0, 0.05) is 139 Å². The second kappa shape index (κ2) is 31.3. The van der Waals surface area contributed by atoms with Crippen LogP contribution in [-0.2, 0) is 43.2 Å².